The van der Waals surface area contributed by atoms with Gasteiger partial charge in [0.25, 0.3) is 5.56 Å². The molecule has 0 spiro atoms. The first kappa shape index (κ1) is 16.3. The number of nitrogen functional groups attached to an aromatic ring is 1. The Kier molecular flexibility index (Phi) is 5.03. The molecule has 0 aromatic carbocycles. The Morgan fingerprint density at radius 2 is 2.23 bits per heavy atom. The van der Waals surface area contributed by atoms with Crippen molar-refractivity contribution in [3.8, 4) is 0 Å². The van der Waals surface area contributed by atoms with Gasteiger partial charge in [0.2, 0.25) is 11.9 Å². The van der Waals surface area contributed by atoms with E-state index in [0.717, 1.165) is 0 Å². The summed E-state index contributed by atoms with van der Waals surface area (Å²) in [5.41, 5.74) is 5.51. The lowest BCUT2D eigenvalue weighted by molar-refractivity contribution is -0.119. The van der Waals surface area contributed by atoms with Crippen LogP contribution in [0.3, 0.4) is 0 Å². The van der Waals surface area contributed by atoms with E-state index in [9.17, 15) is 14.7 Å². The van der Waals surface area contributed by atoms with Gasteiger partial charge in [-0.1, -0.05) is 11.8 Å². The van der Waals surface area contributed by atoms with Gasteiger partial charge in [0.1, 0.15) is 0 Å². The van der Waals surface area contributed by atoms with E-state index in [4.69, 9.17) is 5.73 Å². The molecule has 10 heteroatoms. The first-order chi connectivity index (χ1) is 10.4. The van der Waals surface area contributed by atoms with Crippen LogP contribution in [-0.4, -0.2) is 48.9 Å². The Morgan fingerprint density at radius 3 is 2.86 bits per heavy atom. The smallest absolute Gasteiger partial charge is 0.280 e. The largest absolute Gasteiger partial charge is 0.395 e. The molecule has 0 aliphatic carbocycles. The summed E-state index contributed by atoms with van der Waals surface area (Å²) >= 11 is 1.17. The number of aromatic amines is 1. The zero-order valence-electron chi connectivity index (χ0n) is 12.3. The third kappa shape index (κ3) is 3.57. The maximum atomic E-state index is 11.9. The number of fused-ring (bicyclic) bond motifs is 1. The monoisotopic (exact) mass is 326 g/mol. The number of nitrogens with zero attached hydrogens (tertiary/aromatic N) is 3. The Balaban J connectivity index is 2.32. The molecule has 0 fully saturated rings. The summed E-state index contributed by atoms with van der Waals surface area (Å²) in [6, 6.07) is 0.0497. The van der Waals surface area contributed by atoms with E-state index in [2.05, 4.69) is 20.3 Å². The molecule has 0 unspecified atom stereocenters. The van der Waals surface area contributed by atoms with E-state index in [1.54, 1.807) is 4.57 Å². The number of thioether (sulfide) groups is 1. The molecule has 120 valence electrons. The highest BCUT2D eigenvalue weighted by atomic mass is 32.2. The zero-order chi connectivity index (χ0) is 16.3. The van der Waals surface area contributed by atoms with E-state index >= 15 is 0 Å². The Labute approximate surface area is 130 Å². The molecule has 0 bridgehead atoms. The van der Waals surface area contributed by atoms with Gasteiger partial charge in [0, 0.05) is 12.6 Å². The number of hydrogen-bond acceptors (Lipinski definition) is 7. The lowest BCUT2D eigenvalue weighted by Crippen LogP contribution is -2.31. The third-order valence-electron chi connectivity index (χ3n) is 2.69. The molecule has 22 heavy (non-hydrogen) atoms. The van der Waals surface area contributed by atoms with E-state index in [1.165, 1.54) is 11.8 Å². The topological polar surface area (TPSA) is 139 Å². The Bertz CT molecular complexity index is 738. The van der Waals surface area contributed by atoms with Gasteiger partial charge in [-0.05, 0) is 13.8 Å². The van der Waals surface area contributed by atoms with Crippen molar-refractivity contribution in [1.29, 1.82) is 0 Å². The van der Waals surface area contributed by atoms with Crippen molar-refractivity contribution in [1.82, 2.24) is 24.8 Å². The number of amides is 1. The van der Waals surface area contributed by atoms with Crippen LogP contribution < -0.4 is 16.6 Å². The minimum atomic E-state index is -0.451. The zero-order valence-corrected chi connectivity index (χ0v) is 13.1. The van der Waals surface area contributed by atoms with Crippen LogP contribution in [0.5, 0.6) is 0 Å². The second-order valence-electron chi connectivity index (χ2n) is 4.90. The highest BCUT2D eigenvalue weighted by molar-refractivity contribution is 7.99. The van der Waals surface area contributed by atoms with Gasteiger partial charge < -0.3 is 20.7 Å². The van der Waals surface area contributed by atoms with Crippen molar-refractivity contribution in [3.63, 3.8) is 0 Å². The first-order valence-corrected chi connectivity index (χ1v) is 7.70. The summed E-state index contributed by atoms with van der Waals surface area (Å²) < 4.78 is 1.58. The van der Waals surface area contributed by atoms with E-state index in [-0.39, 0.29) is 42.3 Å². The molecule has 5 N–H and O–H groups in total. The van der Waals surface area contributed by atoms with E-state index < -0.39 is 5.56 Å². The van der Waals surface area contributed by atoms with E-state index in [1.807, 2.05) is 13.8 Å². The molecule has 1 amide bonds. The molecule has 2 aromatic heterocycles. The second kappa shape index (κ2) is 6.79. The van der Waals surface area contributed by atoms with Gasteiger partial charge in [-0.15, -0.1) is 0 Å². The van der Waals surface area contributed by atoms with Crippen molar-refractivity contribution >= 4 is 34.8 Å². The van der Waals surface area contributed by atoms with Crippen LogP contribution in [0.2, 0.25) is 0 Å². The molecule has 0 atom stereocenters. The lowest BCUT2D eigenvalue weighted by Gasteiger charge is -2.09. The summed E-state index contributed by atoms with van der Waals surface area (Å²) in [7, 11) is 0. The van der Waals surface area contributed by atoms with Gasteiger partial charge in [-0.3, -0.25) is 14.6 Å². The maximum Gasteiger partial charge on any atom is 0.280 e. The molecular formula is C12H18N6O3S. The predicted octanol–water partition coefficient (Wildman–Crippen LogP) is -0.689. The molecule has 0 saturated heterocycles. The molecule has 2 aromatic rings. The number of nitrogens with one attached hydrogen (secondary N) is 2. The summed E-state index contributed by atoms with van der Waals surface area (Å²) in [5.74, 6) is -0.00461. The van der Waals surface area contributed by atoms with Gasteiger partial charge in [0.15, 0.2) is 16.3 Å². The number of imidazole rings is 1. The highest BCUT2D eigenvalue weighted by Crippen LogP contribution is 2.21. The molecule has 2 rings (SSSR count). The van der Waals surface area contributed by atoms with Crippen LogP contribution in [0.25, 0.3) is 11.2 Å². The summed E-state index contributed by atoms with van der Waals surface area (Å²) in [4.78, 5) is 34.2. The van der Waals surface area contributed by atoms with Gasteiger partial charge in [-0.2, -0.15) is 4.98 Å². The number of carbonyl (C=O) groups is 1. The molecule has 9 nitrogen and oxygen atoms in total. The summed E-state index contributed by atoms with van der Waals surface area (Å²) in [6.45, 7) is 3.80. The van der Waals surface area contributed by atoms with Crippen LogP contribution in [0.15, 0.2) is 9.95 Å². The van der Waals surface area contributed by atoms with Crippen molar-refractivity contribution < 1.29 is 9.90 Å². The highest BCUT2D eigenvalue weighted by Gasteiger charge is 2.17. The van der Waals surface area contributed by atoms with Crippen LogP contribution in [0.1, 0.15) is 13.8 Å². The van der Waals surface area contributed by atoms with Gasteiger partial charge in [-0.25, -0.2) is 4.98 Å². The molecular weight excluding hydrogens is 308 g/mol. The van der Waals surface area contributed by atoms with E-state index in [0.29, 0.717) is 10.8 Å². The average Bonchev–Trinajstić information content (AvgIpc) is 2.75. The predicted molar refractivity (Wildman–Crippen MR) is 83.6 cm³/mol. The van der Waals surface area contributed by atoms with Crippen molar-refractivity contribution in [2.24, 2.45) is 0 Å². The summed E-state index contributed by atoms with van der Waals surface area (Å²) in [6.07, 6.45) is 0. The maximum absolute atomic E-state index is 11.9. The molecule has 2 heterocycles. The fourth-order valence-electron chi connectivity index (χ4n) is 1.91. The first-order valence-electron chi connectivity index (χ1n) is 6.71. The number of aliphatic hydroxyl groups is 1. The lowest BCUT2D eigenvalue weighted by atomic mass is 10.4. The number of aromatic nitrogens is 4. The summed E-state index contributed by atoms with van der Waals surface area (Å²) in [5, 5.41) is 12.4. The molecule has 0 aliphatic rings. The van der Waals surface area contributed by atoms with Gasteiger partial charge >= 0.3 is 0 Å². The third-order valence-corrected chi connectivity index (χ3v) is 3.67. The number of anilines is 1. The van der Waals surface area contributed by atoms with Crippen molar-refractivity contribution in [3.05, 3.63) is 10.4 Å². The van der Waals surface area contributed by atoms with Crippen LogP contribution in [0, 0.1) is 0 Å². The quantitative estimate of drug-likeness (QED) is 0.515. The minimum absolute atomic E-state index is 0.0225. The number of carbonyl (C=O) groups excluding carboxylic acids is 1. The number of H-pyrrole nitrogens is 1. The minimum Gasteiger partial charge on any atom is -0.395 e. The van der Waals surface area contributed by atoms with Crippen LogP contribution in [-0.2, 0) is 11.3 Å². The Hall–Kier alpha value is -2.07. The normalized spacial score (nSPS) is 11.3. The van der Waals surface area contributed by atoms with Crippen molar-refractivity contribution in [2.75, 3.05) is 18.1 Å². The SMILES string of the molecule is CC(C)NC(=O)CSc1nc2c(=O)[nH]c(N)nc2n1CCO. The molecule has 0 aliphatic heterocycles. The van der Waals surface area contributed by atoms with Crippen LogP contribution in [0.4, 0.5) is 5.95 Å². The Morgan fingerprint density at radius 1 is 1.50 bits per heavy atom. The molecule has 0 radical (unpaired) electrons. The van der Waals surface area contributed by atoms with Crippen LogP contribution >= 0.6 is 11.8 Å². The number of nitrogens with two attached hydrogens (primary N) is 1. The average molecular weight is 326 g/mol. The second-order valence-corrected chi connectivity index (χ2v) is 5.85. The fraction of sp³-hybridized carbons (Fsp3) is 0.500. The number of rotatable bonds is 6. The standard InChI is InChI=1S/C12H18N6O3S/c1-6(2)14-7(20)5-22-12-15-8-9(18(12)3-4-19)16-11(13)17-10(8)21/h6,19H,3-5H2,1-2H3,(H,14,20)(H3,13,16,17,21). The molecule has 0 saturated carbocycles. The number of hydrogen-bond donors (Lipinski definition) is 4. The van der Waals surface area contributed by atoms with Crippen molar-refractivity contribution in [2.45, 2.75) is 31.6 Å². The fourth-order valence-corrected chi connectivity index (χ4v) is 2.75. The number of aliphatic hydroxyl groups excluding tert-OH is 1. The van der Waals surface area contributed by atoms with Gasteiger partial charge in [0.05, 0.1) is 12.4 Å².